The van der Waals surface area contributed by atoms with Gasteiger partial charge in [0.15, 0.2) is 0 Å². The number of carboxylic acid groups (broad SMARTS) is 1. The van der Waals surface area contributed by atoms with Crippen LogP contribution in [0.15, 0.2) is 24.3 Å². The topological polar surface area (TPSA) is 68.7 Å². The first-order chi connectivity index (χ1) is 19.0. The number of alkyl halides is 3. The molecule has 1 saturated heterocycles. The molecule has 0 aliphatic carbocycles. The molecule has 0 saturated carbocycles. The second kappa shape index (κ2) is 12.9. The Morgan fingerprint density at radius 1 is 1.23 bits per heavy atom. The maximum atomic E-state index is 14.7. The van der Waals surface area contributed by atoms with Gasteiger partial charge < -0.3 is 15.3 Å². The van der Waals surface area contributed by atoms with Gasteiger partial charge in [0.05, 0.1) is 5.56 Å². The molecule has 40 heavy (non-hydrogen) atoms. The maximum Gasteiger partial charge on any atom is 0.419 e. The van der Waals surface area contributed by atoms with E-state index in [1.165, 1.54) is 11.6 Å². The summed E-state index contributed by atoms with van der Waals surface area (Å²) < 4.78 is 56.3. The number of fused-ring (bicyclic) bond motifs is 1. The molecule has 2 aliphatic heterocycles. The zero-order valence-electron chi connectivity index (χ0n) is 23.5. The smallest absolute Gasteiger partial charge is 0.419 e. The number of carbonyl (C=O) groups is 1. The van der Waals surface area contributed by atoms with Gasteiger partial charge in [-0.1, -0.05) is 32.4 Å². The minimum atomic E-state index is -5.00. The Labute approximate surface area is 233 Å². The average molecular weight is 565 g/mol. The number of anilines is 1. The van der Waals surface area contributed by atoms with Crippen molar-refractivity contribution >= 4 is 11.8 Å². The molecule has 2 aromatic rings. The summed E-state index contributed by atoms with van der Waals surface area (Å²) in [6, 6.07) is 4.81. The van der Waals surface area contributed by atoms with Crippen molar-refractivity contribution in [1.82, 2.24) is 14.8 Å². The number of halogens is 4. The van der Waals surface area contributed by atoms with Gasteiger partial charge in [-0.3, -0.25) is 9.69 Å². The van der Waals surface area contributed by atoms with Crippen molar-refractivity contribution in [1.29, 1.82) is 0 Å². The van der Waals surface area contributed by atoms with Crippen LogP contribution in [-0.2, 0) is 23.8 Å². The molecule has 10 heteroatoms. The molecule has 2 aliphatic rings. The molecule has 0 spiro atoms. The van der Waals surface area contributed by atoms with Crippen LogP contribution in [0.5, 0.6) is 0 Å². The molecule has 1 fully saturated rings. The standard InChI is InChI=1S/C30H40F4N4O2/c1-19(2)21-16-24(26(25(31)17-21)30(32,33)34)27(29(39)40)38-15-12-23(18-38)37(3)14-6-4-5-9-22-11-10-20-8-7-13-35-28(20)36-22/h10-11,16-17,19,23,27H,4-9,12-15,18H2,1-3H3,(H,35,36)(H,39,40)/t23-,27?/m1/s1. The average Bonchev–Trinajstić information content (AvgIpc) is 3.36. The van der Waals surface area contributed by atoms with Crippen molar-refractivity contribution in [3.05, 3.63) is 58.0 Å². The molecule has 220 valence electrons. The van der Waals surface area contributed by atoms with Crippen LogP contribution in [0.2, 0.25) is 0 Å². The number of rotatable bonds is 11. The lowest BCUT2D eigenvalue weighted by Gasteiger charge is -2.29. The molecule has 1 unspecified atom stereocenters. The molecule has 0 radical (unpaired) electrons. The normalized spacial score (nSPS) is 18.7. The Bertz CT molecular complexity index is 1190. The van der Waals surface area contributed by atoms with Crippen LogP contribution >= 0.6 is 0 Å². The fourth-order valence-electron chi connectivity index (χ4n) is 5.88. The van der Waals surface area contributed by atoms with Gasteiger partial charge in [0.25, 0.3) is 0 Å². The molecular formula is C30H40F4N4O2. The number of hydrogen-bond donors (Lipinski definition) is 2. The zero-order valence-corrected chi connectivity index (χ0v) is 23.5. The monoisotopic (exact) mass is 564 g/mol. The van der Waals surface area contributed by atoms with Gasteiger partial charge >= 0.3 is 12.1 Å². The van der Waals surface area contributed by atoms with E-state index < -0.39 is 35.1 Å². The maximum absolute atomic E-state index is 14.7. The molecule has 2 N–H and O–H groups in total. The third kappa shape index (κ3) is 7.13. The quantitative estimate of drug-likeness (QED) is 0.248. The number of nitrogens with zero attached hydrogens (tertiary/aromatic N) is 3. The molecule has 4 rings (SSSR count). The second-order valence-electron chi connectivity index (χ2n) is 11.4. The van der Waals surface area contributed by atoms with Crippen molar-refractivity contribution in [2.45, 2.75) is 83.0 Å². The number of benzene rings is 1. The van der Waals surface area contributed by atoms with Crippen molar-refractivity contribution in [2.24, 2.45) is 0 Å². The molecule has 1 aromatic carbocycles. The molecule has 6 nitrogen and oxygen atoms in total. The summed E-state index contributed by atoms with van der Waals surface area (Å²) in [5.41, 5.74) is 0.716. The second-order valence-corrected chi connectivity index (χ2v) is 11.4. The highest BCUT2D eigenvalue weighted by atomic mass is 19.4. The zero-order chi connectivity index (χ0) is 29.0. The minimum absolute atomic E-state index is 0.0164. The highest BCUT2D eigenvalue weighted by molar-refractivity contribution is 5.76. The molecule has 2 atom stereocenters. The Balaban J connectivity index is 1.34. The predicted octanol–water partition coefficient (Wildman–Crippen LogP) is 6.27. The summed E-state index contributed by atoms with van der Waals surface area (Å²) in [6.07, 6.45) is 1.73. The van der Waals surface area contributed by atoms with Gasteiger partial charge in [0.1, 0.15) is 17.7 Å². The number of likely N-dealkylation sites (tertiary alicyclic amines) is 1. The van der Waals surface area contributed by atoms with Crippen LogP contribution in [0, 0.1) is 5.82 Å². The fourth-order valence-corrected chi connectivity index (χ4v) is 5.88. The number of aromatic nitrogens is 1. The molecule has 0 bridgehead atoms. The number of hydrogen-bond acceptors (Lipinski definition) is 5. The van der Waals surface area contributed by atoms with E-state index >= 15 is 0 Å². The van der Waals surface area contributed by atoms with E-state index in [9.17, 15) is 27.5 Å². The first kappa shape index (κ1) is 30.2. The lowest BCUT2D eigenvalue weighted by atomic mass is 9.92. The van der Waals surface area contributed by atoms with Gasteiger partial charge in [0, 0.05) is 31.4 Å². The number of nitrogens with one attached hydrogen (secondary N) is 1. The molecule has 0 amide bonds. The summed E-state index contributed by atoms with van der Waals surface area (Å²) in [5, 5.41) is 13.4. The summed E-state index contributed by atoms with van der Waals surface area (Å²) in [5.74, 6) is -2.06. The number of aliphatic carboxylic acids is 1. The Morgan fingerprint density at radius 2 is 2.00 bits per heavy atom. The van der Waals surface area contributed by atoms with E-state index in [0.717, 1.165) is 69.2 Å². The molecule has 3 heterocycles. The van der Waals surface area contributed by atoms with E-state index in [0.29, 0.717) is 25.1 Å². The van der Waals surface area contributed by atoms with Crippen LogP contribution in [0.25, 0.3) is 0 Å². The van der Waals surface area contributed by atoms with Crippen LogP contribution < -0.4 is 5.32 Å². The number of aryl methyl sites for hydroxylation is 2. The van der Waals surface area contributed by atoms with Crippen LogP contribution in [0.4, 0.5) is 23.4 Å². The van der Waals surface area contributed by atoms with Gasteiger partial charge in [-0.15, -0.1) is 0 Å². The number of unbranched alkanes of at least 4 members (excludes halogenated alkanes) is 2. The lowest BCUT2D eigenvalue weighted by molar-refractivity contribution is -0.146. The predicted molar refractivity (Wildman–Crippen MR) is 147 cm³/mol. The van der Waals surface area contributed by atoms with Crippen LogP contribution in [0.3, 0.4) is 0 Å². The third-order valence-corrected chi connectivity index (χ3v) is 8.20. The Morgan fingerprint density at radius 3 is 2.70 bits per heavy atom. The fraction of sp³-hybridized carbons (Fsp3) is 0.600. The summed E-state index contributed by atoms with van der Waals surface area (Å²) in [6.45, 7) is 5.89. The molecule has 1 aromatic heterocycles. The highest BCUT2D eigenvalue weighted by Gasteiger charge is 2.44. The number of pyridine rings is 1. The largest absolute Gasteiger partial charge is 0.480 e. The van der Waals surface area contributed by atoms with Crippen molar-refractivity contribution < 1.29 is 27.5 Å². The summed E-state index contributed by atoms with van der Waals surface area (Å²) >= 11 is 0. The first-order valence-corrected chi connectivity index (χ1v) is 14.3. The summed E-state index contributed by atoms with van der Waals surface area (Å²) in [7, 11) is 1.97. The van der Waals surface area contributed by atoms with Crippen molar-refractivity contribution in [3.63, 3.8) is 0 Å². The summed E-state index contributed by atoms with van der Waals surface area (Å²) in [4.78, 5) is 20.8. The van der Waals surface area contributed by atoms with E-state index in [-0.39, 0.29) is 12.0 Å². The van der Waals surface area contributed by atoms with E-state index in [2.05, 4.69) is 22.3 Å². The van der Waals surface area contributed by atoms with Gasteiger partial charge in [-0.2, -0.15) is 13.2 Å². The number of likely N-dealkylation sites (N-methyl/N-ethyl adjacent to an activating group) is 1. The van der Waals surface area contributed by atoms with Gasteiger partial charge in [-0.25, -0.2) is 9.37 Å². The van der Waals surface area contributed by atoms with Gasteiger partial charge in [0.2, 0.25) is 0 Å². The first-order valence-electron chi connectivity index (χ1n) is 14.3. The SMILES string of the molecule is CC(C)c1cc(F)c(C(F)(F)F)c(C(C(=O)O)N2CC[C@@H](N(C)CCCCCc3ccc4c(n3)NCCC4)C2)c1. The van der Waals surface area contributed by atoms with Gasteiger partial charge in [-0.05, 0) is 86.9 Å². The highest BCUT2D eigenvalue weighted by Crippen LogP contribution is 2.41. The minimum Gasteiger partial charge on any atom is -0.480 e. The van der Waals surface area contributed by atoms with E-state index in [4.69, 9.17) is 4.98 Å². The third-order valence-electron chi connectivity index (χ3n) is 8.20. The van der Waals surface area contributed by atoms with Crippen molar-refractivity contribution in [3.8, 4) is 0 Å². The van der Waals surface area contributed by atoms with Crippen molar-refractivity contribution in [2.75, 3.05) is 38.5 Å². The Hall–Kier alpha value is -2.72. The van der Waals surface area contributed by atoms with E-state index in [1.807, 2.05) is 7.05 Å². The molecular weight excluding hydrogens is 524 g/mol. The lowest BCUT2D eigenvalue weighted by Crippen LogP contribution is -2.39. The number of carboxylic acids is 1. The Kier molecular flexibility index (Phi) is 9.72. The van der Waals surface area contributed by atoms with E-state index in [1.54, 1.807) is 18.7 Å². The van der Waals surface area contributed by atoms with Crippen LogP contribution in [0.1, 0.15) is 85.9 Å². The van der Waals surface area contributed by atoms with Crippen LogP contribution in [-0.4, -0.2) is 65.1 Å².